The molecule has 0 amide bonds. The van der Waals surface area contributed by atoms with Gasteiger partial charge < -0.3 is 25.2 Å². The number of β-amino-alcohol motifs (C(OH)–C–C–N with tert-alkyl or cyclic N) is 1. The van der Waals surface area contributed by atoms with Gasteiger partial charge in [0.15, 0.2) is 0 Å². The van der Waals surface area contributed by atoms with Crippen LogP contribution in [0.4, 0.5) is 4.39 Å². The topological polar surface area (TPSA) is 93.4 Å². The molecule has 4 N–H and O–H groups in total. The molecule has 2 aromatic rings. The van der Waals surface area contributed by atoms with E-state index in [0.717, 1.165) is 30.4 Å². The molecular formula is C24H32FNO5. The van der Waals surface area contributed by atoms with Crippen molar-refractivity contribution in [1.29, 1.82) is 0 Å². The lowest BCUT2D eigenvalue weighted by Gasteiger charge is -2.43. The molecule has 2 aromatic carbocycles. The first-order valence-corrected chi connectivity index (χ1v) is 10.8. The molecule has 0 saturated carbocycles. The highest BCUT2D eigenvalue weighted by Gasteiger charge is 2.40. The number of aliphatic hydroxyl groups is 4. The van der Waals surface area contributed by atoms with E-state index in [1.165, 1.54) is 6.07 Å². The second-order valence-corrected chi connectivity index (χ2v) is 8.09. The van der Waals surface area contributed by atoms with Crippen LogP contribution in [0, 0.1) is 5.82 Å². The van der Waals surface area contributed by atoms with Crippen LogP contribution in [0.15, 0.2) is 48.5 Å². The Morgan fingerprint density at radius 1 is 0.968 bits per heavy atom. The summed E-state index contributed by atoms with van der Waals surface area (Å²) in [5.74, 6) is -0.262. The number of aliphatic hydroxyl groups excluding tert-OH is 4. The molecule has 170 valence electrons. The molecule has 3 rings (SSSR count). The maximum Gasteiger partial charge on any atom is 0.131 e. The zero-order valence-corrected chi connectivity index (χ0v) is 17.6. The maximum absolute atomic E-state index is 14.4. The van der Waals surface area contributed by atoms with Gasteiger partial charge in [-0.05, 0) is 43.0 Å². The first kappa shape index (κ1) is 23.8. The van der Waals surface area contributed by atoms with E-state index in [1.54, 1.807) is 6.07 Å². The van der Waals surface area contributed by atoms with Gasteiger partial charge in [-0.1, -0.05) is 42.5 Å². The molecule has 0 aromatic heterocycles. The molecule has 0 bridgehead atoms. The SMILES string of the molecule is OCC1C(O)C(O)C(O)CN1CCCCCOCc1ccc(-c2ccccc2)c(F)c1. The quantitative estimate of drug-likeness (QED) is 0.428. The minimum Gasteiger partial charge on any atom is -0.395 e. The van der Waals surface area contributed by atoms with Crippen molar-refractivity contribution >= 4 is 0 Å². The number of rotatable bonds is 10. The summed E-state index contributed by atoms with van der Waals surface area (Å²) < 4.78 is 20.1. The highest BCUT2D eigenvalue weighted by molar-refractivity contribution is 5.64. The highest BCUT2D eigenvalue weighted by atomic mass is 19.1. The summed E-state index contributed by atoms with van der Waals surface area (Å²) in [6.07, 6.45) is -0.884. The van der Waals surface area contributed by atoms with Gasteiger partial charge in [-0.15, -0.1) is 0 Å². The molecule has 0 aliphatic carbocycles. The summed E-state index contributed by atoms with van der Waals surface area (Å²) in [5.41, 5.74) is 2.21. The van der Waals surface area contributed by atoms with Gasteiger partial charge in [0.2, 0.25) is 0 Å². The van der Waals surface area contributed by atoms with E-state index in [2.05, 4.69) is 0 Å². The molecule has 0 spiro atoms. The zero-order chi connectivity index (χ0) is 22.2. The van der Waals surface area contributed by atoms with E-state index >= 15 is 0 Å². The van der Waals surface area contributed by atoms with Crippen molar-refractivity contribution in [3.8, 4) is 11.1 Å². The number of benzene rings is 2. The molecule has 7 heteroatoms. The monoisotopic (exact) mass is 433 g/mol. The fourth-order valence-electron chi connectivity index (χ4n) is 4.02. The largest absolute Gasteiger partial charge is 0.395 e. The molecule has 1 saturated heterocycles. The first-order chi connectivity index (χ1) is 15.0. The number of nitrogens with zero attached hydrogens (tertiary/aromatic N) is 1. The van der Waals surface area contributed by atoms with Crippen molar-refractivity contribution in [2.75, 3.05) is 26.3 Å². The molecule has 6 nitrogen and oxygen atoms in total. The highest BCUT2D eigenvalue weighted by Crippen LogP contribution is 2.24. The van der Waals surface area contributed by atoms with E-state index in [1.807, 2.05) is 41.3 Å². The number of piperidine rings is 1. The number of unbranched alkanes of at least 4 members (excludes halogenated alkanes) is 2. The second kappa shape index (κ2) is 11.7. The summed E-state index contributed by atoms with van der Waals surface area (Å²) in [7, 11) is 0. The van der Waals surface area contributed by atoms with E-state index in [4.69, 9.17) is 4.74 Å². The van der Waals surface area contributed by atoms with E-state index < -0.39 is 24.4 Å². The van der Waals surface area contributed by atoms with Crippen molar-refractivity contribution in [2.24, 2.45) is 0 Å². The Labute approximate surface area is 182 Å². The van der Waals surface area contributed by atoms with Crippen molar-refractivity contribution in [2.45, 2.75) is 50.2 Å². The van der Waals surface area contributed by atoms with Crippen LogP contribution in [0.2, 0.25) is 0 Å². The van der Waals surface area contributed by atoms with Crippen molar-refractivity contribution in [3.63, 3.8) is 0 Å². The maximum atomic E-state index is 14.4. The van der Waals surface area contributed by atoms with Crippen LogP contribution >= 0.6 is 0 Å². The first-order valence-electron chi connectivity index (χ1n) is 10.8. The Hall–Kier alpha value is -1.87. The Bertz CT molecular complexity index is 806. The van der Waals surface area contributed by atoms with Crippen LogP contribution in [0.1, 0.15) is 24.8 Å². The van der Waals surface area contributed by atoms with Crippen LogP contribution in [-0.2, 0) is 11.3 Å². The van der Waals surface area contributed by atoms with Gasteiger partial charge in [0.25, 0.3) is 0 Å². The molecule has 31 heavy (non-hydrogen) atoms. The molecule has 1 fully saturated rings. The number of likely N-dealkylation sites (tertiary alicyclic amines) is 1. The molecule has 4 atom stereocenters. The average molecular weight is 434 g/mol. The van der Waals surface area contributed by atoms with E-state index in [-0.39, 0.29) is 19.0 Å². The number of halogens is 1. The standard InChI is InChI=1S/C24H32FNO5/c25-20-13-17(9-10-19(20)18-7-3-1-4-8-18)16-31-12-6-2-5-11-26-14-22(28)24(30)23(29)21(26)15-27/h1,3-4,7-10,13,21-24,27-30H,2,5-6,11-12,14-16H2. The van der Waals surface area contributed by atoms with Gasteiger partial charge in [-0.25, -0.2) is 4.39 Å². The van der Waals surface area contributed by atoms with Gasteiger partial charge in [-0.2, -0.15) is 0 Å². The van der Waals surface area contributed by atoms with Gasteiger partial charge in [0.1, 0.15) is 18.0 Å². The number of hydrogen-bond acceptors (Lipinski definition) is 6. The molecular weight excluding hydrogens is 401 g/mol. The van der Waals surface area contributed by atoms with Crippen LogP contribution in [0.5, 0.6) is 0 Å². The summed E-state index contributed by atoms with van der Waals surface area (Å²) in [6, 6.07) is 14.0. The number of hydrogen-bond donors (Lipinski definition) is 4. The van der Waals surface area contributed by atoms with E-state index in [0.29, 0.717) is 25.3 Å². The third kappa shape index (κ3) is 6.32. The lowest BCUT2D eigenvalue weighted by Crippen LogP contribution is -2.62. The Kier molecular flexibility index (Phi) is 8.95. The van der Waals surface area contributed by atoms with Crippen molar-refractivity contribution in [1.82, 2.24) is 4.90 Å². The summed E-state index contributed by atoms with van der Waals surface area (Å²) in [4.78, 5) is 1.82. The minimum absolute atomic E-state index is 0.227. The number of ether oxygens (including phenoxy) is 1. The summed E-state index contributed by atoms with van der Waals surface area (Å²) in [6.45, 7) is 1.47. The molecule has 1 aliphatic rings. The fraction of sp³-hybridized carbons (Fsp3) is 0.500. The average Bonchev–Trinajstić information content (AvgIpc) is 2.77. The molecule has 1 heterocycles. The molecule has 0 radical (unpaired) electrons. The summed E-state index contributed by atoms with van der Waals surface area (Å²) >= 11 is 0. The second-order valence-electron chi connectivity index (χ2n) is 8.09. The van der Waals surface area contributed by atoms with Crippen LogP contribution in [-0.4, -0.2) is 76.0 Å². The van der Waals surface area contributed by atoms with Crippen LogP contribution < -0.4 is 0 Å². The summed E-state index contributed by atoms with van der Waals surface area (Å²) in [5, 5.41) is 39.1. The fourth-order valence-corrected chi connectivity index (χ4v) is 4.02. The third-order valence-corrected chi connectivity index (χ3v) is 5.84. The van der Waals surface area contributed by atoms with Gasteiger partial charge >= 0.3 is 0 Å². The van der Waals surface area contributed by atoms with Crippen molar-refractivity contribution in [3.05, 3.63) is 59.9 Å². The molecule has 1 aliphatic heterocycles. The lowest BCUT2D eigenvalue weighted by atomic mass is 9.94. The van der Waals surface area contributed by atoms with Gasteiger partial charge in [0.05, 0.1) is 25.4 Å². The Morgan fingerprint density at radius 3 is 2.45 bits per heavy atom. The van der Waals surface area contributed by atoms with Crippen LogP contribution in [0.3, 0.4) is 0 Å². The van der Waals surface area contributed by atoms with Crippen molar-refractivity contribution < 1.29 is 29.6 Å². The zero-order valence-electron chi connectivity index (χ0n) is 17.6. The van der Waals surface area contributed by atoms with Crippen LogP contribution in [0.25, 0.3) is 11.1 Å². The Morgan fingerprint density at radius 2 is 1.74 bits per heavy atom. The van der Waals surface area contributed by atoms with E-state index in [9.17, 15) is 24.8 Å². The molecule has 4 unspecified atom stereocenters. The lowest BCUT2D eigenvalue weighted by molar-refractivity contribution is -0.145. The predicted molar refractivity (Wildman–Crippen MR) is 116 cm³/mol. The smallest absolute Gasteiger partial charge is 0.131 e. The van der Waals surface area contributed by atoms with Gasteiger partial charge in [-0.3, -0.25) is 4.90 Å². The normalized spacial score (nSPS) is 24.4. The Balaban J connectivity index is 1.35. The minimum atomic E-state index is -1.23. The predicted octanol–water partition coefficient (Wildman–Crippen LogP) is 1.94. The third-order valence-electron chi connectivity index (χ3n) is 5.84. The van der Waals surface area contributed by atoms with Gasteiger partial charge in [0, 0.05) is 18.7 Å².